The number of aromatic nitrogens is 4. The highest BCUT2D eigenvalue weighted by atomic mass is 16.7. The molecule has 0 fully saturated rings. The Labute approximate surface area is 149 Å². The number of hydrogen-bond donors (Lipinski definition) is 1. The molecule has 0 saturated carbocycles. The summed E-state index contributed by atoms with van der Waals surface area (Å²) < 4.78 is 12.6. The Kier molecular flexibility index (Phi) is 3.41. The highest BCUT2D eigenvalue weighted by molar-refractivity contribution is 5.63. The van der Waals surface area contributed by atoms with E-state index in [1.807, 2.05) is 53.2 Å². The van der Waals surface area contributed by atoms with Gasteiger partial charge in [0.1, 0.15) is 5.82 Å². The van der Waals surface area contributed by atoms with Gasteiger partial charge in [-0.1, -0.05) is 6.07 Å². The van der Waals surface area contributed by atoms with Crippen LogP contribution in [-0.2, 0) is 6.54 Å². The minimum atomic E-state index is 0.281. The van der Waals surface area contributed by atoms with Gasteiger partial charge in [0.25, 0.3) is 0 Å². The fraction of sp³-hybridized carbons (Fsp3) is 0.105. The lowest BCUT2D eigenvalue weighted by molar-refractivity contribution is 0.174. The zero-order valence-electron chi connectivity index (χ0n) is 13.8. The second-order valence-corrected chi connectivity index (χ2v) is 5.91. The van der Waals surface area contributed by atoms with Crippen molar-refractivity contribution < 1.29 is 9.47 Å². The summed E-state index contributed by atoms with van der Waals surface area (Å²) >= 11 is 0. The summed E-state index contributed by atoms with van der Waals surface area (Å²) in [6, 6.07) is 13.7. The van der Waals surface area contributed by atoms with E-state index in [4.69, 9.17) is 9.47 Å². The van der Waals surface area contributed by atoms with Gasteiger partial charge < -0.3 is 14.8 Å². The quantitative estimate of drug-likeness (QED) is 0.613. The van der Waals surface area contributed by atoms with Crippen molar-refractivity contribution in [2.24, 2.45) is 0 Å². The van der Waals surface area contributed by atoms with Gasteiger partial charge in [0.05, 0.1) is 11.9 Å². The molecule has 1 aromatic carbocycles. The highest BCUT2D eigenvalue weighted by Crippen LogP contribution is 2.32. The Morgan fingerprint density at radius 1 is 1.00 bits per heavy atom. The van der Waals surface area contributed by atoms with E-state index < -0.39 is 0 Å². The van der Waals surface area contributed by atoms with Crippen LogP contribution in [-0.4, -0.2) is 26.4 Å². The minimum Gasteiger partial charge on any atom is -0.454 e. The molecule has 0 unspecified atom stereocenters. The number of ether oxygens (including phenoxy) is 2. The standard InChI is InChI=1S/C19H15N5O2/c1-2-16-17(26-12-25-16)9-13(1)10-21-18-3-4-19-22-11-15(24(19)23-18)14-5-7-20-8-6-14/h1-9,11H,10,12H2,(H,21,23). The fourth-order valence-electron chi connectivity index (χ4n) is 2.93. The highest BCUT2D eigenvalue weighted by Gasteiger charge is 2.13. The fourth-order valence-corrected chi connectivity index (χ4v) is 2.93. The van der Waals surface area contributed by atoms with Gasteiger partial charge in [-0.05, 0) is 42.0 Å². The molecule has 4 heterocycles. The molecule has 5 rings (SSSR count). The van der Waals surface area contributed by atoms with Crippen LogP contribution in [0.2, 0.25) is 0 Å². The molecule has 0 radical (unpaired) electrons. The first-order valence-corrected chi connectivity index (χ1v) is 8.24. The van der Waals surface area contributed by atoms with E-state index in [0.29, 0.717) is 6.54 Å². The topological polar surface area (TPSA) is 73.6 Å². The molecule has 1 aliphatic heterocycles. The summed E-state index contributed by atoms with van der Waals surface area (Å²) in [5.41, 5.74) is 3.84. The molecule has 0 spiro atoms. The summed E-state index contributed by atoms with van der Waals surface area (Å²) in [5, 5.41) is 8.01. The molecule has 26 heavy (non-hydrogen) atoms. The number of nitrogens with one attached hydrogen (secondary N) is 1. The minimum absolute atomic E-state index is 0.281. The monoisotopic (exact) mass is 345 g/mol. The first kappa shape index (κ1) is 14.7. The van der Waals surface area contributed by atoms with E-state index in [9.17, 15) is 0 Å². The van der Waals surface area contributed by atoms with Crippen LogP contribution in [0.1, 0.15) is 5.56 Å². The molecular formula is C19H15N5O2. The van der Waals surface area contributed by atoms with E-state index in [1.54, 1.807) is 12.4 Å². The summed E-state index contributed by atoms with van der Waals surface area (Å²) in [6.45, 7) is 0.914. The zero-order valence-corrected chi connectivity index (χ0v) is 13.8. The van der Waals surface area contributed by atoms with Crippen molar-refractivity contribution in [2.45, 2.75) is 6.54 Å². The average molecular weight is 345 g/mol. The predicted octanol–water partition coefficient (Wildman–Crippen LogP) is 3.13. The van der Waals surface area contributed by atoms with E-state index in [0.717, 1.165) is 39.8 Å². The van der Waals surface area contributed by atoms with E-state index in [1.165, 1.54) is 0 Å². The van der Waals surface area contributed by atoms with E-state index in [-0.39, 0.29) is 6.79 Å². The zero-order chi connectivity index (χ0) is 17.3. The predicted molar refractivity (Wildman–Crippen MR) is 96.1 cm³/mol. The van der Waals surface area contributed by atoms with Crippen LogP contribution >= 0.6 is 0 Å². The number of hydrogen-bond acceptors (Lipinski definition) is 6. The molecule has 0 amide bonds. The molecule has 128 valence electrons. The third-order valence-electron chi connectivity index (χ3n) is 4.25. The van der Waals surface area contributed by atoms with Crippen molar-refractivity contribution in [3.63, 3.8) is 0 Å². The van der Waals surface area contributed by atoms with Gasteiger partial charge in [-0.2, -0.15) is 0 Å². The van der Waals surface area contributed by atoms with Crippen molar-refractivity contribution in [1.29, 1.82) is 0 Å². The Morgan fingerprint density at radius 3 is 2.81 bits per heavy atom. The molecular weight excluding hydrogens is 330 g/mol. The maximum atomic E-state index is 5.42. The summed E-state index contributed by atoms with van der Waals surface area (Å²) in [7, 11) is 0. The molecule has 1 N–H and O–H groups in total. The van der Waals surface area contributed by atoms with Crippen molar-refractivity contribution >= 4 is 11.5 Å². The lowest BCUT2D eigenvalue weighted by Gasteiger charge is -2.08. The van der Waals surface area contributed by atoms with Crippen LogP contribution in [0, 0.1) is 0 Å². The Balaban J connectivity index is 1.41. The number of anilines is 1. The van der Waals surface area contributed by atoms with Gasteiger partial charge in [0.2, 0.25) is 6.79 Å². The van der Waals surface area contributed by atoms with Gasteiger partial charge in [0, 0.05) is 24.5 Å². The first-order valence-electron chi connectivity index (χ1n) is 8.24. The molecule has 3 aromatic heterocycles. The third-order valence-corrected chi connectivity index (χ3v) is 4.25. The van der Waals surface area contributed by atoms with Crippen molar-refractivity contribution in [3.8, 4) is 22.8 Å². The average Bonchev–Trinajstić information content (AvgIpc) is 3.33. The second-order valence-electron chi connectivity index (χ2n) is 5.91. The van der Waals surface area contributed by atoms with Crippen molar-refractivity contribution in [2.75, 3.05) is 12.1 Å². The second kappa shape index (κ2) is 6.03. The van der Waals surface area contributed by atoms with Gasteiger partial charge in [0.15, 0.2) is 17.1 Å². The number of benzene rings is 1. The van der Waals surface area contributed by atoms with Crippen LogP contribution in [0.15, 0.2) is 61.1 Å². The largest absolute Gasteiger partial charge is 0.454 e. The van der Waals surface area contributed by atoms with Gasteiger partial charge in [-0.3, -0.25) is 4.98 Å². The SMILES string of the molecule is c1cc(-c2cnc3ccc(NCc4ccc5c(c4)OCO5)nn23)ccn1. The van der Waals surface area contributed by atoms with E-state index >= 15 is 0 Å². The summed E-state index contributed by atoms with van der Waals surface area (Å²) in [5.74, 6) is 2.33. The van der Waals surface area contributed by atoms with Crippen molar-refractivity contribution in [3.05, 3.63) is 66.6 Å². The molecule has 0 atom stereocenters. The van der Waals surface area contributed by atoms with Crippen LogP contribution in [0.3, 0.4) is 0 Å². The number of imidazole rings is 1. The van der Waals surface area contributed by atoms with Crippen LogP contribution in [0.4, 0.5) is 5.82 Å². The molecule has 1 aliphatic rings. The summed E-state index contributed by atoms with van der Waals surface area (Å²) in [6.07, 6.45) is 5.34. The number of fused-ring (bicyclic) bond motifs is 2. The number of nitrogens with zero attached hydrogens (tertiary/aromatic N) is 4. The lowest BCUT2D eigenvalue weighted by atomic mass is 10.2. The van der Waals surface area contributed by atoms with Crippen molar-refractivity contribution in [1.82, 2.24) is 19.6 Å². The number of pyridine rings is 1. The van der Waals surface area contributed by atoms with Gasteiger partial charge >= 0.3 is 0 Å². The lowest BCUT2D eigenvalue weighted by Crippen LogP contribution is -2.04. The van der Waals surface area contributed by atoms with Crippen LogP contribution in [0.5, 0.6) is 11.5 Å². The molecule has 7 heteroatoms. The molecule has 4 aromatic rings. The Hall–Kier alpha value is -3.61. The molecule has 0 aliphatic carbocycles. The number of rotatable bonds is 4. The van der Waals surface area contributed by atoms with Gasteiger partial charge in [-0.25, -0.2) is 9.50 Å². The normalized spacial score (nSPS) is 12.5. The molecule has 0 bridgehead atoms. The molecule has 0 saturated heterocycles. The Morgan fingerprint density at radius 2 is 1.88 bits per heavy atom. The molecule has 7 nitrogen and oxygen atoms in total. The third kappa shape index (κ3) is 2.59. The van der Waals surface area contributed by atoms with Crippen LogP contribution in [0.25, 0.3) is 16.9 Å². The summed E-state index contributed by atoms with van der Waals surface area (Å²) in [4.78, 5) is 8.47. The maximum absolute atomic E-state index is 5.42. The Bertz CT molecular complexity index is 1080. The first-order chi connectivity index (χ1) is 12.9. The van der Waals surface area contributed by atoms with E-state index in [2.05, 4.69) is 20.4 Å². The van der Waals surface area contributed by atoms with Gasteiger partial charge in [-0.15, -0.1) is 5.10 Å². The maximum Gasteiger partial charge on any atom is 0.231 e. The van der Waals surface area contributed by atoms with Crippen LogP contribution < -0.4 is 14.8 Å². The smallest absolute Gasteiger partial charge is 0.231 e.